The highest BCUT2D eigenvalue weighted by Gasteiger charge is 2.07. The van der Waals surface area contributed by atoms with Crippen molar-refractivity contribution in [1.82, 2.24) is 9.97 Å². The van der Waals surface area contributed by atoms with Gasteiger partial charge in [0.25, 0.3) is 0 Å². The molecule has 0 radical (unpaired) electrons. The van der Waals surface area contributed by atoms with E-state index in [1.54, 1.807) is 0 Å². The molecule has 0 amide bonds. The van der Waals surface area contributed by atoms with Crippen LogP contribution >= 0.6 is 0 Å². The van der Waals surface area contributed by atoms with Gasteiger partial charge in [-0.25, -0.2) is 9.97 Å². The minimum absolute atomic E-state index is 0.500. The highest BCUT2D eigenvalue weighted by atomic mass is 14.9. The molecule has 0 spiro atoms. The van der Waals surface area contributed by atoms with E-state index in [1.807, 2.05) is 13.8 Å². The van der Waals surface area contributed by atoms with Crippen LogP contribution in [0.2, 0.25) is 0 Å². The average molecular weight is 193 g/mol. The third-order valence-corrected chi connectivity index (χ3v) is 2.32. The van der Waals surface area contributed by atoms with E-state index < -0.39 is 0 Å². The van der Waals surface area contributed by atoms with Crippen LogP contribution < -0.4 is 5.73 Å². The number of hydrogen-bond donors (Lipinski definition) is 1. The van der Waals surface area contributed by atoms with Crippen molar-refractivity contribution < 1.29 is 0 Å². The fourth-order valence-corrected chi connectivity index (χ4v) is 1.41. The van der Waals surface area contributed by atoms with Crippen molar-refractivity contribution in [1.29, 1.82) is 0 Å². The molecule has 0 fully saturated rings. The van der Waals surface area contributed by atoms with Gasteiger partial charge in [-0.1, -0.05) is 13.8 Å². The summed E-state index contributed by atoms with van der Waals surface area (Å²) in [5, 5.41) is 0. The Morgan fingerprint density at radius 1 is 1.21 bits per heavy atom. The normalized spacial score (nSPS) is 11.0. The molecule has 0 aliphatic rings. The molecule has 0 bridgehead atoms. The number of hydrogen-bond acceptors (Lipinski definition) is 3. The monoisotopic (exact) mass is 193 g/mol. The maximum absolute atomic E-state index is 5.63. The van der Waals surface area contributed by atoms with Crippen LogP contribution in [0.5, 0.6) is 0 Å². The minimum atomic E-state index is 0.500. The van der Waals surface area contributed by atoms with Gasteiger partial charge in [0.15, 0.2) is 0 Å². The van der Waals surface area contributed by atoms with Crippen LogP contribution in [0.4, 0.5) is 0 Å². The van der Waals surface area contributed by atoms with Crippen LogP contribution in [0.15, 0.2) is 0 Å². The molecule has 78 valence electrons. The lowest BCUT2D eigenvalue weighted by atomic mass is 10.1. The summed E-state index contributed by atoms with van der Waals surface area (Å²) in [5.41, 5.74) is 8.79. The maximum atomic E-state index is 5.63. The SMILES string of the molecule is Cc1nc(CC(C)C)nc(CN)c1C. The van der Waals surface area contributed by atoms with E-state index >= 15 is 0 Å². The molecular formula is C11H19N3. The first-order valence-corrected chi connectivity index (χ1v) is 5.07. The van der Waals surface area contributed by atoms with Crippen molar-refractivity contribution in [2.24, 2.45) is 11.7 Å². The molecule has 1 heterocycles. The summed E-state index contributed by atoms with van der Waals surface area (Å²) in [5.74, 6) is 1.51. The molecule has 0 saturated heterocycles. The Bertz CT molecular complexity index is 319. The zero-order chi connectivity index (χ0) is 10.7. The smallest absolute Gasteiger partial charge is 0.129 e. The molecule has 2 N–H and O–H groups in total. The van der Waals surface area contributed by atoms with Crippen LogP contribution in [0, 0.1) is 19.8 Å². The first kappa shape index (κ1) is 11.1. The Labute approximate surface area is 85.8 Å². The van der Waals surface area contributed by atoms with E-state index in [4.69, 9.17) is 5.73 Å². The van der Waals surface area contributed by atoms with Gasteiger partial charge in [-0.3, -0.25) is 0 Å². The Morgan fingerprint density at radius 3 is 2.36 bits per heavy atom. The molecule has 0 aliphatic heterocycles. The van der Waals surface area contributed by atoms with Gasteiger partial charge in [0.2, 0.25) is 0 Å². The van der Waals surface area contributed by atoms with E-state index in [2.05, 4.69) is 23.8 Å². The van der Waals surface area contributed by atoms with Gasteiger partial charge >= 0.3 is 0 Å². The second-order valence-electron chi connectivity index (χ2n) is 4.10. The molecule has 0 aliphatic carbocycles. The molecule has 0 atom stereocenters. The van der Waals surface area contributed by atoms with Gasteiger partial charge in [0.1, 0.15) is 5.82 Å². The summed E-state index contributed by atoms with van der Waals surface area (Å²) in [6, 6.07) is 0. The highest BCUT2D eigenvalue weighted by Crippen LogP contribution is 2.11. The zero-order valence-electron chi connectivity index (χ0n) is 9.46. The number of aromatic nitrogens is 2. The second-order valence-corrected chi connectivity index (χ2v) is 4.10. The van der Waals surface area contributed by atoms with Crippen molar-refractivity contribution in [3.8, 4) is 0 Å². The van der Waals surface area contributed by atoms with E-state index in [1.165, 1.54) is 0 Å². The van der Waals surface area contributed by atoms with Gasteiger partial charge in [-0.05, 0) is 25.3 Å². The zero-order valence-corrected chi connectivity index (χ0v) is 9.46. The summed E-state index contributed by atoms with van der Waals surface area (Å²) in [7, 11) is 0. The third-order valence-electron chi connectivity index (χ3n) is 2.32. The standard InChI is InChI=1S/C11H19N3/c1-7(2)5-11-13-9(4)8(3)10(6-12)14-11/h7H,5-6,12H2,1-4H3. The van der Waals surface area contributed by atoms with Crippen molar-refractivity contribution >= 4 is 0 Å². The molecule has 0 unspecified atom stereocenters. The first-order valence-electron chi connectivity index (χ1n) is 5.07. The molecule has 14 heavy (non-hydrogen) atoms. The largest absolute Gasteiger partial charge is 0.325 e. The van der Waals surface area contributed by atoms with E-state index in [9.17, 15) is 0 Å². The summed E-state index contributed by atoms with van der Waals surface area (Å²) >= 11 is 0. The summed E-state index contributed by atoms with van der Waals surface area (Å²) in [4.78, 5) is 8.91. The van der Waals surface area contributed by atoms with Crippen molar-refractivity contribution in [2.75, 3.05) is 0 Å². The molecule has 1 aromatic heterocycles. The molecule has 0 saturated carbocycles. The summed E-state index contributed by atoms with van der Waals surface area (Å²) < 4.78 is 0. The van der Waals surface area contributed by atoms with Crippen LogP contribution in [0.25, 0.3) is 0 Å². The molecule has 1 rings (SSSR count). The predicted octanol–water partition coefficient (Wildman–Crippen LogP) is 1.75. The van der Waals surface area contributed by atoms with Gasteiger partial charge < -0.3 is 5.73 Å². The lowest BCUT2D eigenvalue weighted by Gasteiger charge is -2.09. The lowest BCUT2D eigenvalue weighted by Crippen LogP contribution is -2.10. The van der Waals surface area contributed by atoms with Crippen LogP contribution in [-0.4, -0.2) is 9.97 Å². The average Bonchev–Trinajstić information content (AvgIpc) is 2.10. The number of nitrogens with two attached hydrogens (primary N) is 1. The molecule has 1 aromatic rings. The number of rotatable bonds is 3. The van der Waals surface area contributed by atoms with Crippen molar-refractivity contribution in [2.45, 2.75) is 40.7 Å². The van der Waals surface area contributed by atoms with E-state index in [-0.39, 0.29) is 0 Å². The third kappa shape index (κ3) is 2.51. The predicted molar refractivity (Wildman–Crippen MR) is 57.9 cm³/mol. The van der Waals surface area contributed by atoms with Crippen LogP contribution in [0.1, 0.15) is 36.6 Å². The highest BCUT2D eigenvalue weighted by molar-refractivity contribution is 5.23. The fraction of sp³-hybridized carbons (Fsp3) is 0.636. The van der Waals surface area contributed by atoms with E-state index in [0.29, 0.717) is 12.5 Å². The molecule has 0 aromatic carbocycles. The van der Waals surface area contributed by atoms with E-state index in [0.717, 1.165) is 29.2 Å². The van der Waals surface area contributed by atoms with Crippen molar-refractivity contribution in [3.05, 3.63) is 22.8 Å². The quantitative estimate of drug-likeness (QED) is 0.795. The molecule has 3 nitrogen and oxygen atoms in total. The maximum Gasteiger partial charge on any atom is 0.129 e. The van der Waals surface area contributed by atoms with Gasteiger partial charge in [0, 0.05) is 18.7 Å². The summed E-state index contributed by atoms with van der Waals surface area (Å²) in [6.07, 6.45) is 0.925. The Kier molecular flexibility index (Phi) is 3.58. The lowest BCUT2D eigenvalue weighted by molar-refractivity contribution is 0.614. The molecular weight excluding hydrogens is 174 g/mol. The Balaban J connectivity index is 3.03. The Hall–Kier alpha value is -0.960. The van der Waals surface area contributed by atoms with Crippen molar-refractivity contribution in [3.63, 3.8) is 0 Å². The second kappa shape index (κ2) is 4.51. The number of nitrogens with zero attached hydrogens (tertiary/aromatic N) is 2. The Morgan fingerprint density at radius 2 is 1.86 bits per heavy atom. The first-order chi connectivity index (χ1) is 6.54. The summed E-state index contributed by atoms with van der Waals surface area (Å²) in [6.45, 7) is 8.87. The molecule has 3 heteroatoms. The van der Waals surface area contributed by atoms with Gasteiger partial charge in [-0.15, -0.1) is 0 Å². The number of aryl methyl sites for hydroxylation is 1. The van der Waals surface area contributed by atoms with Gasteiger partial charge in [0.05, 0.1) is 5.69 Å². The fourth-order valence-electron chi connectivity index (χ4n) is 1.41. The topological polar surface area (TPSA) is 51.8 Å². The van der Waals surface area contributed by atoms with Crippen LogP contribution in [0.3, 0.4) is 0 Å². The van der Waals surface area contributed by atoms with Crippen LogP contribution in [-0.2, 0) is 13.0 Å². The minimum Gasteiger partial charge on any atom is -0.325 e. The van der Waals surface area contributed by atoms with Gasteiger partial charge in [-0.2, -0.15) is 0 Å².